The molecule has 3 aromatic carbocycles. The number of fused-ring (bicyclic) bond motifs is 1. The van der Waals surface area contributed by atoms with Crippen molar-refractivity contribution in [2.45, 2.75) is 13.5 Å². The Balaban J connectivity index is 1.73. The second-order valence-electron chi connectivity index (χ2n) is 6.65. The Hall–Kier alpha value is -3.67. The molecule has 0 aromatic heterocycles. The van der Waals surface area contributed by atoms with Gasteiger partial charge in [0.05, 0.1) is 0 Å². The van der Waals surface area contributed by atoms with E-state index in [0.29, 0.717) is 17.9 Å². The summed E-state index contributed by atoms with van der Waals surface area (Å²) in [5, 5.41) is 4.51. The summed E-state index contributed by atoms with van der Waals surface area (Å²) in [4.78, 5) is 25.7. The third kappa shape index (κ3) is 3.69. The van der Waals surface area contributed by atoms with Crippen LogP contribution in [-0.4, -0.2) is 23.4 Å². The molecule has 0 bridgehead atoms. The monoisotopic (exact) mass is 390 g/mol. The van der Waals surface area contributed by atoms with Gasteiger partial charge in [-0.2, -0.15) is 0 Å². The van der Waals surface area contributed by atoms with E-state index >= 15 is 0 Å². The van der Waals surface area contributed by atoms with Crippen molar-refractivity contribution < 1.29 is 18.7 Å². The van der Waals surface area contributed by atoms with Crippen LogP contribution in [0.5, 0.6) is 5.75 Å². The molecular formula is C23H19FN2O3. The summed E-state index contributed by atoms with van der Waals surface area (Å²) >= 11 is 0. The summed E-state index contributed by atoms with van der Waals surface area (Å²) < 4.78 is 19.1. The maximum atomic E-state index is 13.1. The van der Waals surface area contributed by atoms with Crippen molar-refractivity contribution in [1.82, 2.24) is 10.2 Å². The van der Waals surface area contributed by atoms with Crippen LogP contribution in [0.2, 0.25) is 0 Å². The molecule has 3 amide bonds. The summed E-state index contributed by atoms with van der Waals surface area (Å²) in [6.45, 7) is 2.29. The van der Waals surface area contributed by atoms with E-state index in [4.69, 9.17) is 4.74 Å². The Morgan fingerprint density at radius 3 is 2.52 bits per heavy atom. The normalized spacial score (nSPS) is 15.2. The van der Waals surface area contributed by atoms with Crippen LogP contribution < -0.4 is 10.1 Å². The number of halogens is 1. The molecule has 1 fully saturated rings. The summed E-state index contributed by atoms with van der Waals surface area (Å²) in [5.74, 6) is -0.103. The highest BCUT2D eigenvalue weighted by molar-refractivity contribution is 6.14. The van der Waals surface area contributed by atoms with Gasteiger partial charge in [0.25, 0.3) is 5.91 Å². The first-order chi connectivity index (χ1) is 14.1. The molecule has 1 aliphatic rings. The Bertz CT molecular complexity index is 1120. The van der Waals surface area contributed by atoms with Crippen LogP contribution in [0.15, 0.2) is 66.4 Å². The maximum absolute atomic E-state index is 13.1. The van der Waals surface area contributed by atoms with Gasteiger partial charge in [0, 0.05) is 12.1 Å². The van der Waals surface area contributed by atoms with Crippen molar-refractivity contribution in [3.05, 3.63) is 83.3 Å². The molecular weight excluding hydrogens is 371 g/mol. The largest absolute Gasteiger partial charge is 0.488 e. The van der Waals surface area contributed by atoms with E-state index in [1.807, 2.05) is 36.4 Å². The Kier molecular flexibility index (Phi) is 4.99. The van der Waals surface area contributed by atoms with Crippen molar-refractivity contribution in [1.29, 1.82) is 0 Å². The van der Waals surface area contributed by atoms with Gasteiger partial charge in [0.15, 0.2) is 0 Å². The highest BCUT2D eigenvalue weighted by Gasteiger charge is 2.32. The lowest BCUT2D eigenvalue weighted by Crippen LogP contribution is -2.30. The van der Waals surface area contributed by atoms with Gasteiger partial charge in [0.1, 0.15) is 23.9 Å². The molecule has 0 atom stereocenters. The number of hydrogen-bond donors (Lipinski definition) is 1. The van der Waals surface area contributed by atoms with E-state index in [-0.39, 0.29) is 24.0 Å². The molecule has 1 N–H and O–H groups in total. The van der Waals surface area contributed by atoms with E-state index in [9.17, 15) is 14.0 Å². The van der Waals surface area contributed by atoms with Crippen molar-refractivity contribution >= 4 is 28.8 Å². The fourth-order valence-corrected chi connectivity index (χ4v) is 3.30. The maximum Gasteiger partial charge on any atom is 0.328 e. The number of nitrogens with one attached hydrogen (secondary N) is 1. The van der Waals surface area contributed by atoms with E-state index in [0.717, 1.165) is 21.2 Å². The van der Waals surface area contributed by atoms with E-state index in [2.05, 4.69) is 5.32 Å². The number of ether oxygens (including phenoxy) is 1. The molecule has 1 heterocycles. The predicted molar refractivity (Wildman–Crippen MR) is 109 cm³/mol. The predicted octanol–water partition coefficient (Wildman–Crippen LogP) is 4.47. The van der Waals surface area contributed by atoms with E-state index in [1.54, 1.807) is 25.1 Å². The van der Waals surface area contributed by atoms with Crippen molar-refractivity contribution in [3.63, 3.8) is 0 Å². The highest BCUT2D eigenvalue weighted by Crippen LogP contribution is 2.31. The molecule has 1 aliphatic heterocycles. The lowest BCUT2D eigenvalue weighted by Gasteiger charge is -2.13. The first-order valence-electron chi connectivity index (χ1n) is 9.30. The highest BCUT2D eigenvalue weighted by atomic mass is 19.1. The molecule has 0 aliphatic carbocycles. The molecule has 0 radical (unpaired) electrons. The molecule has 0 saturated carbocycles. The lowest BCUT2D eigenvalue weighted by atomic mass is 10.0. The number of hydrogen-bond acceptors (Lipinski definition) is 3. The second kappa shape index (κ2) is 7.75. The van der Waals surface area contributed by atoms with E-state index < -0.39 is 6.03 Å². The topological polar surface area (TPSA) is 58.6 Å². The van der Waals surface area contributed by atoms with Crippen LogP contribution in [0.3, 0.4) is 0 Å². The third-order valence-corrected chi connectivity index (χ3v) is 4.81. The van der Waals surface area contributed by atoms with Gasteiger partial charge < -0.3 is 10.1 Å². The molecule has 6 heteroatoms. The van der Waals surface area contributed by atoms with Gasteiger partial charge in [-0.15, -0.1) is 0 Å². The number of urea groups is 1. The zero-order valence-corrected chi connectivity index (χ0v) is 15.8. The zero-order valence-electron chi connectivity index (χ0n) is 15.8. The Morgan fingerprint density at radius 1 is 1.03 bits per heavy atom. The Labute approximate surface area is 167 Å². The second-order valence-corrected chi connectivity index (χ2v) is 6.65. The number of carbonyl (C=O) groups is 2. The molecule has 0 spiro atoms. The minimum atomic E-state index is -0.433. The van der Waals surface area contributed by atoms with Crippen LogP contribution in [0.25, 0.3) is 16.8 Å². The summed E-state index contributed by atoms with van der Waals surface area (Å²) in [6.07, 6.45) is 1.65. The molecule has 3 aromatic rings. The smallest absolute Gasteiger partial charge is 0.328 e. The number of amides is 3. The fraction of sp³-hybridized carbons (Fsp3) is 0.130. The minimum Gasteiger partial charge on any atom is -0.488 e. The van der Waals surface area contributed by atoms with Crippen LogP contribution in [0, 0.1) is 5.82 Å². The number of benzene rings is 3. The zero-order chi connectivity index (χ0) is 20.4. The van der Waals surface area contributed by atoms with Crippen LogP contribution in [0.1, 0.15) is 18.1 Å². The van der Waals surface area contributed by atoms with Crippen LogP contribution in [0.4, 0.5) is 9.18 Å². The van der Waals surface area contributed by atoms with Gasteiger partial charge in [-0.3, -0.25) is 9.69 Å². The first-order valence-corrected chi connectivity index (χ1v) is 9.30. The molecule has 1 saturated heterocycles. The molecule has 5 nitrogen and oxygen atoms in total. The number of rotatable bonds is 5. The van der Waals surface area contributed by atoms with Gasteiger partial charge in [-0.05, 0) is 47.5 Å². The number of nitrogens with zero attached hydrogens (tertiary/aromatic N) is 1. The number of imide groups is 1. The van der Waals surface area contributed by atoms with Gasteiger partial charge in [0.2, 0.25) is 0 Å². The molecule has 0 unspecified atom stereocenters. The summed E-state index contributed by atoms with van der Waals surface area (Å²) in [5.41, 5.74) is 1.73. The molecule has 4 rings (SSSR count). The molecule has 146 valence electrons. The third-order valence-electron chi connectivity index (χ3n) is 4.81. The van der Waals surface area contributed by atoms with Crippen molar-refractivity contribution in [3.8, 4) is 5.75 Å². The van der Waals surface area contributed by atoms with E-state index in [1.165, 1.54) is 12.1 Å². The average Bonchev–Trinajstić information content (AvgIpc) is 3.01. The number of carbonyl (C=O) groups excluding carboxylic acids is 2. The SMILES string of the molecule is CCN1C(=O)N/C(=C/c2c(OCc3ccc(F)cc3)ccc3ccccc23)C1=O. The van der Waals surface area contributed by atoms with Gasteiger partial charge in [-0.25, -0.2) is 9.18 Å². The lowest BCUT2D eigenvalue weighted by molar-refractivity contribution is -0.122. The molecule has 29 heavy (non-hydrogen) atoms. The summed E-state index contributed by atoms with van der Waals surface area (Å²) in [6, 6.07) is 17.2. The average molecular weight is 390 g/mol. The van der Waals surface area contributed by atoms with Crippen molar-refractivity contribution in [2.75, 3.05) is 6.54 Å². The van der Waals surface area contributed by atoms with Crippen molar-refractivity contribution in [2.24, 2.45) is 0 Å². The number of likely N-dealkylation sites (N-methyl/N-ethyl adjacent to an activating group) is 1. The fourth-order valence-electron chi connectivity index (χ4n) is 3.30. The van der Waals surface area contributed by atoms with Crippen LogP contribution in [-0.2, 0) is 11.4 Å². The standard InChI is InChI=1S/C23H19FN2O3/c1-2-26-22(27)20(25-23(26)28)13-19-18-6-4-3-5-16(18)9-12-21(19)29-14-15-7-10-17(24)11-8-15/h3-13H,2,14H2,1H3,(H,25,28)/b20-13+. The summed E-state index contributed by atoms with van der Waals surface area (Å²) in [7, 11) is 0. The quantitative estimate of drug-likeness (QED) is 0.517. The minimum absolute atomic E-state index is 0.208. The Morgan fingerprint density at radius 2 is 1.79 bits per heavy atom. The van der Waals surface area contributed by atoms with Crippen LogP contribution >= 0.6 is 0 Å². The first kappa shape index (κ1) is 18.7. The van der Waals surface area contributed by atoms with Gasteiger partial charge >= 0.3 is 6.03 Å². The van der Waals surface area contributed by atoms with Gasteiger partial charge in [-0.1, -0.05) is 42.5 Å².